The van der Waals surface area contributed by atoms with Gasteiger partial charge < -0.3 is 31.1 Å². The predicted octanol–water partition coefficient (Wildman–Crippen LogP) is -1.12. The number of benzene rings is 1. The highest BCUT2D eigenvalue weighted by Gasteiger charge is 2.53. The van der Waals surface area contributed by atoms with Crippen molar-refractivity contribution in [2.45, 2.75) is 18.1 Å². The van der Waals surface area contributed by atoms with Gasteiger partial charge in [0.25, 0.3) is 5.91 Å². The lowest BCUT2D eigenvalue weighted by atomic mass is 9.85. The number of carbonyl (C=O) groups is 3. The van der Waals surface area contributed by atoms with Crippen LogP contribution in [0.3, 0.4) is 0 Å². The normalized spacial score (nSPS) is 26.8. The summed E-state index contributed by atoms with van der Waals surface area (Å²) in [6, 6.07) is 5.76. The summed E-state index contributed by atoms with van der Waals surface area (Å²) >= 11 is 0. The molecule has 0 spiro atoms. The number of likely N-dealkylation sites (tertiary alicyclic amines) is 1. The Hall–Kier alpha value is -2.65. The fourth-order valence-electron chi connectivity index (χ4n) is 3.52. The molecule has 4 amide bonds. The third kappa shape index (κ3) is 2.81. The SMILES string of the molecule is NC(=O)N1C[C@H](O)C[C@]1(C(N)=O)c1ccc(N2CCOCC2=O)cc1. The zero-order chi connectivity index (χ0) is 18.2. The van der Waals surface area contributed by atoms with Gasteiger partial charge in [-0.3, -0.25) is 9.59 Å². The van der Waals surface area contributed by atoms with Crippen LogP contribution in [0.5, 0.6) is 0 Å². The van der Waals surface area contributed by atoms with Crippen LogP contribution in [0.15, 0.2) is 24.3 Å². The number of hydrogen-bond acceptors (Lipinski definition) is 5. The molecule has 3 rings (SSSR count). The number of anilines is 1. The van der Waals surface area contributed by atoms with Crippen molar-refractivity contribution in [1.29, 1.82) is 0 Å². The van der Waals surface area contributed by atoms with Crippen molar-refractivity contribution in [2.75, 3.05) is 31.2 Å². The maximum Gasteiger partial charge on any atom is 0.316 e. The first-order valence-corrected chi connectivity index (χ1v) is 7.90. The van der Waals surface area contributed by atoms with Crippen LogP contribution in [0, 0.1) is 0 Å². The molecule has 2 fully saturated rings. The zero-order valence-corrected chi connectivity index (χ0v) is 13.6. The van der Waals surface area contributed by atoms with Crippen molar-refractivity contribution >= 4 is 23.5 Å². The van der Waals surface area contributed by atoms with Gasteiger partial charge >= 0.3 is 6.03 Å². The number of aliphatic hydroxyl groups excluding tert-OH is 1. The van der Waals surface area contributed by atoms with Gasteiger partial charge in [-0.2, -0.15) is 0 Å². The second-order valence-electron chi connectivity index (χ2n) is 6.18. The monoisotopic (exact) mass is 348 g/mol. The van der Waals surface area contributed by atoms with E-state index in [0.717, 1.165) is 4.90 Å². The molecule has 1 aromatic rings. The fourth-order valence-corrected chi connectivity index (χ4v) is 3.52. The largest absolute Gasteiger partial charge is 0.391 e. The molecule has 5 N–H and O–H groups in total. The van der Waals surface area contributed by atoms with Gasteiger partial charge in [0.2, 0.25) is 5.91 Å². The number of aliphatic hydroxyl groups is 1. The Kier molecular flexibility index (Phi) is 4.36. The van der Waals surface area contributed by atoms with Gasteiger partial charge in [-0.25, -0.2) is 4.79 Å². The fraction of sp³-hybridized carbons (Fsp3) is 0.438. The molecular formula is C16H20N4O5. The molecular weight excluding hydrogens is 328 g/mol. The molecule has 9 heteroatoms. The van der Waals surface area contributed by atoms with E-state index in [1.165, 1.54) is 0 Å². The van der Waals surface area contributed by atoms with Crippen molar-refractivity contribution < 1.29 is 24.2 Å². The molecule has 2 saturated heterocycles. The highest BCUT2D eigenvalue weighted by molar-refractivity contribution is 5.95. The van der Waals surface area contributed by atoms with E-state index in [1.54, 1.807) is 29.2 Å². The zero-order valence-electron chi connectivity index (χ0n) is 13.6. The lowest BCUT2D eigenvalue weighted by Gasteiger charge is -2.35. The second-order valence-corrected chi connectivity index (χ2v) is 6.18. The molecule has 2 aliphatic rings. The number of hydrogen-bond donors (Lipinski definition) is 3. The number of nitrogens with two attached hydrogens (primary N) is 2. The van der Waals surface area contributed by atoms with Crippen LogP contribution in [-0.4, -0.2) is 60.3 Å². The number of morpholine rings is 1. The van der Waals surface area contributed by atoms with E-state index in [1.807, 2.05) is 0 Å². The molecule has 2 heterocycles. The average Bonchev–Trinajstić information content (AvgIpc) is 2.94. The summed E-state index contributed by atoms with van der Waals surface area (Å²) in [6.45, 7) is 0.836. The maximum atomic E-state index is 12.2. The smallest absolute Gasteiger partial charge is 0.316 e. The van der Waals surface area contributed by atoms with Crippen molar-refractivity contribution in [3.8, 4) is 0 Å². The quantitative estimate of drug-likeness (QED) is 0.634. The van der Waals surface area contributed by atoms with Gasteiger partial charge in [-0.05, 0) is 17.7 Å². The number of primary amides is 2. The maximum absolute atomic E-state index is 12.2. The summed E-state index contributed by atoms with van der Waals surface area (Å²) in [5.74, 6) is -0.920. The van der Waals surface area contributed by atoms with E-state index in [4.69, 9.17) is 16.2 Å². The minimum absolute atomic E-state index is 0.0224. The average molecular weight is 348 g/mol. The van der Waals surface area contributed by atoms with Crippen molar-refractivity contribution in [2.24, 2.45) is 11.5 Å². The summed E-state index contributed by atoms with van der Waals surface area (Å²) in [7, 11) is 0. The molecule has 0 unspecified atom stereocenters. The number of amides is 4. The van der Waals surface area contributed by atoms with E-state index in [0.29, 0.717) is 24.4 Å². The van der Waals surface area contributed by atoms with E-state index in [2.05, 4.69) is 0 Å². The standard InChI is InChI=1S/C16H20N4O5/c17-14(23)16(7-12(21)8-20(16)15(18)24)10-1-3-11(4-2-10)19-5-6-25-9-13(19)22/h1-4,12,21H,5-9H2,(H2,17,23)(H2,18,24)/t12-,16-/m1/s1. The topological polar surface area (TPSA) is 139 Å². The second kappa shape index (κ2) is 6.34. The van der Waals surface area contributed by atoms with Crippen LogP contribution in [0.2, 0.25) is 0 Å². The van der Waals surface area contributed by atoms with Crippen molar-refractivity contribution in [3.63, 3.8) is 0 Å². The summed E-state index contributed by atoms with van der Waals surface area (Å²) in [5, 5.41) is 9.96. The predicted molar refractivity (Wildman–Crippen MR) is 87.4 cm³/mol. The van der Waals surface area contributed by atoms with Gasteiger partial charge in [-0.1, -0.05) is 12.1 Å². The van der Waals surface area contributed by atoms with Crippen LogP contribution in [0.25, 0.3) is 0 Å². The molecule has 0 saturated carbocycles. The number of carbonyl (C=O) groups excluding carboxylic acids is 3. The van der Waals surface area contributed by atoms with Gasteiger partial charge in [0.15, 0.2) is 5.54 Å². The Balaban J connectivity index is 1.97. The molecule has 2 atom stereocenters. The molecule has 25 heavy (non-hydrogen) atoms. The minimum atomic E-state index is -1.50. The number of nitrogens with zero attached hydrogens (tertiary/aromatic N) is 2. The molecule has 0 aromatic heterocycles. The van der Waals surface area contributed by atoms with Gasteiger partial charge in [0.1, 0.15) is 6.61 Å². The first kappa shape index (κ1) is 17.2. The van der Waals surface area contributed by atoms with E-state index in [-0.39, 0.29) is 25.5 Å². The van der Waals surface area contributed by atoms with E-state index < -0.39 is 23.6 Å². The van der Waals surface area contributed by atoms with E-state index >= 15 is 0 Å². The first-order valence-electron chi connectivity index (χ1n) is 7.90. The van der Waals surface area contributed by atoms with Crippen LogP contribution in [-0.2, 0) is 19.9 Å². The molecule has 0 aliphatic carbocycles. The number of urea groups is 1. The molecule has 1 aromatic carbocycles. The van der Waals surface area contributed by atoms with Crippen LogP contribution in [0.1, 0.15) is 12.0 Å². The number of ether oxygens (including phenoxy) is 1. The number of β-amino-alcohol motifs (C(OH)–C–C–N with tert-alkyl or cyclic N) is 1. The summed E-state index contributed by atoms with van der Waals surface area (Å²) < 4.78 is 5.10. The summed E-state index contributed by atoms with van der Waals surface area (Å²) in [6.07, 6.45) is -0.929. The van der Waals surface area contributed by atoms with Gasteiger partial charge in [-0.15, -0.1) is 0 Å². The Labute approximate surface area is 144 Å². The lowest BCUT2D eigenvalue weighted by molar-refractivity contribution is -0.128. The van der Waals surface area contributed by atoms with Crippen molar-refractivity contribution in [3.05, 3.63) is 29.8 Å². The van der Waals surface area contributed by atoms with E-state index in [9.17, 15) is 19.5 Å². The summed E-state index contributed by atoms with van der Waals surface area (Å²) in [4.78, 5) is 38.6. The molecule has 134 valence electrons. The molecule has 9 nitrogen and oxygen atoms in total. The minimum Gasteiger partial charge on any atom is -0.391 e. The van der Waals surface area contributed by atoms with Crippen LogP contribution < -0.4 is 16.4 Å². The highest BCUT2D eigenvalue weighted by Crippen LogP contribution is 2.39. The highest BCUT2D eigenvalue weighted by atomic mass is 16.5. The molecule has 0 radical (unpaired) electrons. The van der Waals surface area contributed by atoms with Crippen LogP contribution >= 0.6 is 0 Å². The first-order chi connectivity index (χ1) is 11.9. The third-order valence-corrected chi connectivity index (χ3v) is 4.70. The van der Waals surface area contributed by atoms with Gasteiger partial charge in [0.05, 0.1) is 12.7 Å². The molecule has 2 aliphatic heterocycles. The Bertz CT molecular complexity index is 707. The Morgan fingerprint density at radius 1 is 1.24 bits per heavy atom. The number of rotatable bonds is 3. The lowest BCUT2D eigenvalue weighted by Crippen LogP contribution is -2.55. The Morgan fingerprint density at radius 2 is 1.92 bits per heavy atom. The molecule has 0 bridgehead atoms. The van der Waals surface area contributed by atoms with Crippen LogP contribution in [0.4, 0.5) is 10.5 Å². The third-order valence-electron chi connectivity index (χ3n) is 4.70. The van der Waals surface area contributed by atoms with Gasteiger partial charge in [0, 0.05) is 25.2 Å². The van der Waals surface area contributed by atoms with Crippen molar-refractivity contribution in [1.82, 2.24) is 4.90 Å². The summed E-state index contributed by atoms with van der Waals surface area (Å²) in [5.41, 5.74) is 10.6. The Morgan fingerprint density at radius 3 is 2.48 bits per heavy atom.